The minimum Gasteiger partial charge on any atom is -0.389 e. The van der Waals surface area contributed by atoms with Gasteiger partial charge in [-0.25, -0.2) is 0 Å². The molecule has 4 heteroatoms. The molecule has 3 nitrogen and oxygen atoms in total. The van der Waals surface area contributed by atoms with Gasteiger partial charge >= 0.3 is 0 Å². The quantitative estimate of drug-likeness (QED) is 0.845. The lowest BCUT2D eigenvalue weighted by Crippen LogP contribution is -2.25. The number of hydrogen-bond donors (Lipinski definition) is 2. The lowest BCUT2D eigenvalue weighted by molar-refractivity contribution is 0.0496. The molecule has 2 N–H and O–H groups in total. The highest BCUT2D eigenvalue weighted by molar-refractivity contribution is 9.10. The number of aliphatic hydroxyl groups excluding tert-OH is 1. The molecule has 90 valence electrons. The number of hydrogen-bond acceptors (Lipinski definition) is 3. The van der Waals surface area contributed by atoms with Crippen molar-refractivity contribution in [2.24, 2.45) is 0 Å². The summed E-state index contributed by atoms with van der Waals surface area (Å²) in [5.41, 5.74) is 2.19. The monoisotopic (exact) mass is 287 g/mol. The SMILES string of the molecule is CCOCC(O)CNc1ccc(Br)cc1C. The Labute approximate surface area is 105 Å². The molecule has 0 aliphatic carbocycles. The average molecular weight is 288 g/mol. The zero-order valence-electron chi connectivity index (χ0n) is 9.66. The molecule has 0 aromatic heterocycles. The van der Waals surface area contributed by atoms with Gasteiger partial charge in [0.15, 0.2) is 0 Å². The third kappa shape index (κ3) is 4.51. The molecule has 0 bridgehead atoms. The van der Waals surface area contributed by atoms with Crippen LogP contribution in [0.4, 0.5) is 5.69 Å². The molecule has 0 radical (unpaired) electrons. The average Bonchev–Trinajstić information content (AvgIpc) is 2.25. The van der Waals surface area contributed by atoms with E-state index >= 15 is 0 Å². The minimum atomic E-state index is -0.469. The van der Waals surface area contributed by atoms with E-state index in [1.165, 1.54) is 0 Å². The predicted octanol–water partition coefficient (Wildman–Crippen LogP) is 2.57. The van der Waals surface area contributed by atoms with Crippen molar-refractivity contribution in [1.29, 1.82) is 0 Å². The van der Waals surface area contributed by atoms with E-state index in [2.05, 4.69) is 21.2 Å². The lowest BCUT2D eigenvalue weighted by atomic mass is 10.2. The number of ether oxygens (including phenoxy) is 1. The highest BCUT2D eigenvalue weighted by Gasteiger charge is 2.04. The van der Waals surface area contributed by atoms with E-state index < -0.39 is 6.10 Å². The summed E-state index contributed by atoms with van der Waals surface area (Å²) in [6.45, 7) is 5.46. The number of halogens is 1. The van der Waals surface area contributed by atoms with E-state index in [0.717, 1.165) is 15.7 Å². The Balaban J connectivity index is 2.42. The maximum atomic E-state index is 9.59. The first kappa shape index (κ1) is 13.5. The Bertz CT molecular complexity index is 331. The van der Waals surface area contributed by atoms with E-state index in [-0.39, 0.29) is 0 Å². The molecule has 16 heavy (non-hydrogen) atoms. The van der Waals surface area contributed by atoms with Gasteiger partial charge in [0.25, 0.3) is 0 Å². The highest BCUT2D eigenvalue weighted by Crippen LogP contribution is 2.19. The summed E-state index contributed by atoms with van der Waals surface area (Å²) in [6, 6.07) is 6.01. The molecular formula is C12H18BrNO2. The van der Waals surface area contributed by atoms with Crippen LogP contribution in [-0.2, 0) is 4.74 Å². The Morgan fingerprint density at radius 3 is 2.88 bits per heavy atom. The number of aliphatic hydroxyl groups is 1. The van der Waals surface area contributed by atoms with Crippen LogP contribution in [0, 0.1) is 6.92 Å². The maximum absolute atomic E-state index is 9.59. The van der Waals surface area contributed by atoms with Crippen molar-refractivity contribution in [2.75, 3.05) is 25.1 Å². The highest BCUT2D eigenvalue weighted by atomic mass is 79.9. The molecule has 0 spiro atoms. The Morgan fingerprint density at radius 1 is 1.50 bits per heavy atom. The molecule has 0 fully saturated rings. The Kier molecular flexibility index (Phi) is 5.80. The molecule has 1 rings (SSSR count). The fourth-order valence-corrected chi connectivity index (χ4v) is 1.84. The van der Waals surface area contributed by atoms with Crippen LogP contribution in [0.5, 0.6) is 0 Å². The van der Waals surface area contributed by atoms with Gasteiger partial charge in [0.2, 0.25) is 0 Å². The second-order valence-corrected chi connectivity index (χ2v) is 4.57. The molecule has 1 aromatic rings. The van der Waals surface area contributed by atoms with Gasteiger partial charge in [0.05, 0.1) is 12.7 Å². The summed E-state index contributed by atoms with van der Waals surface area (Å²) in [7, 11) is 0. The molecule has 0 saturated heterocycles. The first-order valence-electron chi connectivity index (χ1n) is 5.39. The molecule has 1 unspecified atom stereocenters. The Morgan fingerprint density at radius 2 is 2.25 bits per heavy atom. The second kappa shape index (κ2) is 6.89. The number of benzene rings is 1. The van der Waals surface area contributed by atoms with Crippen LogP contribution in [0.25, 0.3) is 0 Å². The summed E-state index contributed by atoms with van der Waals surface area (Å²) in [5.74, 6) is 0. The maximum Gasteiger partial charge on any atom is 0.0945 e. The summed E-state index contributed by atoms with van der Waals surface area (Å²) in [4.78, 5) is 0. The van der Waals surface area contributed by atoms with Crippen LogP contribution in [-0.4, -0.2) is 31.0 Å². The van der Waals surface area contributed by atoms with Crippen molar-refractivity contribution < 1.29 is 9.84 Å². The second-order valence-electron chi connectivity index (χ2n) is 3.65. The standard InChI is InChI=1S/C12H18BrNO2/c1-3-16-8-11(15)7-14-12-5-4-10(13)6-9(12)2/h4-6,11,14-15H,3,7-8H2,1-2H3. The molecule has 0 amide bonds. The fraction of sp³-hybridized carbons (Fsp3) is 0.500. The topological polar surface area (TPSA) is 41.5 Å². The predicted molar refractivity (Wildman–Crippen MR) is 69.9 cm³/mol. The zero-order chi connectivity index (χ0) is 12.0. The summed E-state index contributed by atoms with van der Waals surface area (Å²) in [6.07, 6.45) is -0.469. The van der Waals surface area contributed by atoms with Crippen LogP contribution in [0.2, 0.25) is 0 Å². The first-order chi connectivity index (χ1) is 7.63. The molecular weight excluding hydrogens is 270 g/mol. The molecule has 0 aliphatic rings. The van der Waals surface area contributed by atoms with E-state index in [9.17, 15) is 5.11 Å². The van der Waals surface area contributed by atoms with Gasteiger partial charge in [-0.1, -0.05) is 15.9 Å². The number of nitrogens with one attached hydrogen (secondary N) is 1. The van der Waals surface area contributed by atoms with Crippen LogP contribution >= 0.6 is 15.9 Å². The van der Waals surface area contributed by atoms with Crippen LogP contribution in [0.15, 0.2) is 22.7 Å². The van der Waals surface area contributed by atoms with Crippen molar-refractivity contribution in [2.45, 2.75) is 20.0 Å². The molecule has 0 heterocycles. The van der Waals surface area contributed by atoms with Gasteiger partial charge in [-0.05, 0) is 37.6 Å². The number of aryl methyl sites for hydroxylation is 1. The number of anilines is 1. The smallest absolute Gasteiger partial charge is 0.0945 e. The first-order valence-corrected chi connectivity index (χ1v) is 6.18. The fourth-order valence-electron chi connectivity index (χ4n) is 1.37. The lowest BCUT2D eigenvalue weighted by Gasteiger charge is -2.14. The molecule has 0 saturated carbocycles. The van der Waals surface area contributed by atoms with Crippen molar-refractivity contribution in [3.63, 3.8) is 0 Å². The van der Waals surface area contributed by atoms with Crippen LogP contribution in [0.3, 0.4) is 0 Å². The van der Waals surface area contributed by atoms with E-state index in [1.807, 2.05) is 32.0 Å². The van der Waals surface area contributed by atoms with Gasteiger partial charge in [-0.2, -0.15) is 0 Å². The zero-order valence-corrected chi connectivity index (χ0v) is 11.3. The third-order valence-corrected chi connectivity index (χ3v) is 2.72. The number of rotatable bonds is 6. The van der Waals surface area contributed by atoms with Gasteiger partial charge in [-0.3, -0.25) is 0 Å². The normalized spacial score (nSPS) is 12.5. The van der Waals surface area contributed by atoms with Gasteiger partial charge in [-0.15, -0.1) is 0 Å². The van der Waals surface area contributed by atoms with Crippen molar-refractivity contribution in [1.82, 2.24) is 0 Å². The van der Waals surface area contributed by atoms with Crippen LogP contribution in [0.1, 0.15) is 12.5 Å². The summed E-state index contributed by atoms with van der Waals surface area (Å²) >= 11 is 3.41. The van der Waals surface area contributed by atoms with E-state index in [0.29, 0.717) is 19.8 Å². The van der Waals surface area contributed by atoms with Crippen LogP contribution < -0.4 is 5.32 Å². The van der Waals surface area contributed by atoms with Gasteiger partial charge < -0.3 is 15.2 Å². The van der Waals surface area contributed by atoms with Gasteiger partial charge in [0, 0.05) is 23.3 Å². The molecule has 1 atom stereocenters. The van der Waals surface area contributed by atoms with Gasteiger partial charge in [0.1, 0.15) is 0 Å². The Hall–Kier alpha value is -0.580. The molecule has 0 aliphatic heterocycles. The van der Waals surface area contributed by atoms with Crippen molar-refractivity contribution in [3.8, 4) is 0 Å². The summed E-state index contributed by atoms with van der Waals surface area (Å²) < 4.78 is 6.20. The van der Waals surface area contributed by atoms with Crippen molar-refractivity contribution in [3.05, 3.63) is 28.2 Å². The molecule has 1 aromatic carbocycles. The largest absolute Gasteiger partial charge is 0.389 e. The summed E-state index contributed by atoms with van der Waals surface area (Å²) in [5, 5.41) is 12.8. The van der Waals surface area contributed by atoms with E-state index in [1.54, 1.807) is 0 Å². The van der Waals surface area contributed by atoms with Crippen molar-refractivity contribution >= 4 is 21.6 Å². The minimum absolute atomic E-state index is 0.374. The third-order valence-electron chi connectivity index (χ3n) is 2.23. The van der Waals surface area contributed by atoms with E-state index in [4.69, 9.17) is 4.74 Å².